The molecule has 0 unspecified atom stereocenters. The van der Waals surface area contributed by atoms with Crippen LogP contribution in [0.25, 0.3) is 22.2 Å². The van der Waals surface area contributed by atoms with Gasteiger partial charge in [-0.2, -0.15) is 9.36 Å². The van der Waals surface area contributed by atoms with Gasteiger partial charge < -0.3 is 25.7 Å². The van der Waals surface area contributed by atoms with Gasteiger partial charge >= 0.3 is 13.6 Å². The number of thiol groups is 2. The Balaban J connectivity index is 1.20. The smallest absolute Gasteiger partial charge is 0.382 e. The normalized spacial score (nSPS) is 36.0. The number of nitrogens with two attached hydrogens (primary N) is 2. The first-order valence-electron chi connectivity index (χ1n) is 13.2. The number of fused-ring (bicyclic) bond motifs is 5. The van der Waals surface area contributed by atoms with Crippen molar-refractivity contribution in [1.82, 2.24) is 33.9 Å². The van der Waals surface area contributed by atoms with E-state index in [9.17, 15) is 13.9 Å². The SMILES string of the molecule is CO[C@H]1[C@H]2O[P@@](=O)(S)OC[C@H]3O[C@@H](c4snc5c(N)ncnc45)C[C@@H]3O[P@](=O)(S)OC[C@H]1O[C@H]2n1cnc2c(=O)[nH]c(N)nc21. The number of hydrogen-bond acceptors (Lipinski definition) is 18. The van der Waals surface area contributed by atoms with Crippen LogP contribution in [0.15, 0.2) is 17.4 Å². The van der Waals surface area contributed by atoms with Crippen molar-refractivity contribution in [3.05, 3.63) is 27.9 Å². The maximum atomic E-state index is 13.7. The molecule has 7 heterocycles. The molecular weight excluding hydrogens is 696 g/mol. The fourth-order valence-corrected chi connectivity index (χ4v) is 9.32. The molecule has 0 radical (unpaired) electrons. The minimum Gasteiger partial charge on any atom is -0.382 e. The number of nitrogens with one attached hydrogen (secondary N) is 1. The average molecular weight is 722 g/mol. The number of rotatable bonds is 3. The number of aromatic amines is 1. The van der Waals surface area contributed by atoms with E-state index < -0.39 is 62.0 Å². The summed E-state index contributed by atoms with van der Waals surface area (Å²) in [5, 5.41) is 0. The van der Waals surface area contributed by atoms with E-state index in [4.69, 9.17) is 43.8 Å². The van der Waals surface area contributed by atoms with Gasteiger partial charge in [0.15, 0.2) is 23.2 Å². The van der Waals surface area contributed by atoms with Gasteiger partial charge in [0.2, 0.25) is 5.95 Å². The van der Waals surface area contributed by atoms with E-state index >= 15 is 0 Å². The lowest BCUT2D eigenvalue weighted by Crippen LogP contribution is -2.37. The Morgan fingerprint density at radius 3 is 2.56 bits per heavy atom. The number of H-pyrrole nitrogens is 1. The van der Waals surface area contributed by atoms with E-state index in [0.717, 1.165) is 11.5 Å². The summed E-state index contributed by atoms with van der Waals surface area (Å²) >= 11 is 9.53. The highest BCUT2D eigenvalue weighted by atomic mass is 32.7. The van der Waals surface area contributed by atoms with Crippen LogP contribution < -0.4 is 17.0 Å². The molecular formula is C21H25N9O10P2S3. The first kappa shape index (κ1) is 31.4. The summed E-state index contributed by atoms with van der Waals surface area (Å²) in [6, 6.07) is 0. The highest BCUT2D eigenvalue weighted by Crippen LogP contribution is 2.60. The lowest BCUT2D eigenvalue weighted by Gasteiger charge is -2.27. The first-order valence-corrected chi connectivity index (χ1v) is 19.3. The maximum absolute atomic E-state index is 13.7. The van der Waals surface area contributed by atoms with Gasteiger partial charge in [0.05, 0.1) is 36.6 Å². The maximum Gasteiger partial charge on any atom is 0.386 e. The van der Waals surface area contributed by atoms with E-state index in [2.05, 4.69) is 53.8 Å². The predicted molar refractivity (Wildman–Crippen MR) is 164 cm³/mol. The molecule has 4 aromatic heterocycles. The van der Waals surface area contributed by atoms with E-state index in [0.29, 0.717) is 15.9 Å². The molecule has 45 heavy (non-hydrogen) atoms. The second-order valence-electron chi connectivity index (χ2n) is 10.2. The van der Waals surface area contributed by atoms with Gasteiger partial charge in [0.25, 0.3) is 5.56 Å². The molecule has 3 fully saturated rings. The van der Waals surface area contributed by atoms with Crippen LogP contribution in [-0.2, 0) is 41.4 Å². The zero-order chi connectivity index (χ0) is 31.7. The molecule has 5 N–H and O–H groups in total. The highest BCUT2D eigenvalue weighted by Gasteiger charge is 2.52. The number of nitrogen functional groups attached to an aromatic ring is 2. The average Bonchev–Trinajstić information content (AvgIpc) is 3.74. The number of methoxy groups -OCH3 is 1. The Morgan fingerprint density at radius 2 is 1.78 bits per heavy atom. The van der Waals surface area contributed by atoms with Crippen LogP contribution in [0, 0.1) is 0 Å². The number of aromatic nitrogens is 7. The van der Waals surface area contributed by atoms with E-state index in [1.54, 1.807) is 0 Å². The molecule has 3 saturated heterocycles. The highest BCUT2D eigenvalue weighted by molar-refractivity contribution is 8.44. The van der Waals surface area contributed by atoms with Gasteiger partial charge in [-0.1, -0.05) is 24.5 Å². The fourth-order valence-electron chi connectivity index (χ4n) is 5.47. The third-order valence-corrected chi connectivity index (χ3v) is 11.6. The molecule has 2 bridgehead atoms. The zero-order valence-corrected chi connectivity index (χ0v) is 27.3. The number of hydrogen-bond donors (Lipinski definition) is 5. The minimum atomic E-state index is -4.20. The summed E-state index contributed by atoms with van der Waals surface area (Å²) in [4.78, 5) is 31.9. The van der Waals surface area contributed by atoms with E-state index in [1.165, 1.54) is 24.3 Å². The molecule has 24 heteroatoms. The molecule has 9 atom stereocenters. The van der Waals surface area contributed by atoms with Crippen molar-refractivity contribution in [2.24, 2.45) is 0 Å². The van der Waals surface area contributed by atoms with Crippen LogP contribution in [0.3, 0.4) is 0 Å². The zero-order valence-electron chi connectivity index (χ0n) is 22.9. The fraction of sp³-hybridized carbons (Fsp3) is 0.524. The van der Waals surface area contributed by atoms with Crippen LogP contribution in [0.2, 0.25) is 0 Å². The van der Waals surface area contributed by atoms with Crippen LogP contribution in [0.5, 0.6) is 0 Å². The molecule has 4 aromatic rings. The van der Waals surface area contributed by atoms with Gasteiger partial charge in [-0.3, -0.25) is 32.4 Å². The van der Waals surface area contributed by atoms with Crippen molar-refractivity contribution in [3.63, 3.8) is 0 Å². The standard InChI is InChI=1S/C21H25N9O10P2S3/c1-34-14-10-4-36-41(32,43)39-7-2-8(16-11-12(29-45-16)17(22)25-5-24-11)37-9(7)3-35-42(33,44)40-15(14)20(38-10)30-6-26-13-18(30)27-21(23)28-19(13)31/h5-10,14-15,20H,2-4H2,1H3,(H,32,43)(H,33,44)(H2,22,24,25)(H3,23,27,28,31)/t7-,8+,9+,10+,14+,15+,20+,41+,42-/m0/s1. The number of anilines is 2. The van der Waals surface area contributed by atoms with Crippen molar-refractivity contribution in [1.29, 1.82) is 0 Å². The van der Waals surface area contributed by atoms with Crippen molar-refractivity contribution in [3.8, 4) is 0 Å². The molecule has 0 amide bonds. The van der Waals surface area contributed by atoms with Crippen LogP contribution in [0.4, 0.5) is 11.8 Å². The van der Waals surface area contributed by atoms with Gasteiger partial charge in [-0.15, -0.1) is 0 Å². The number of imidazole rings is 1. The van der Waals surface area contributed by atoms with Crippen molar-refractivity contribution in [2.45, 2.75) is 49.3 Å². The van der Waals surface area contributed by atoms with Gasteiger partial charge in [0.1, 0.15) is 41.8 Å². The van der Waals surface area contributed by atoms with Crippen LogP contribution in [-0.4, -0.2) is 84.7 Å². The second kappa shape index (κ2) is 11.8. The summed E-state index contributed by atoms with van der Waals surface area (Å²) in [6.07, 6.45) is -3.95. The number of nitrogens with zero attached hydrogens (tertiary/aromatic N) is 6. The molecule has 19 nitrogen and oxygen atoms in total. The predicted octanol–water partition coefficient (Wildman–Crippen LogP) is 2.02. The Labute approximate surface area is 267 Å². The summed E-state index contributed by atoms with van der Waals surface area (Å²) in [5.41, 5.74) is 12.1. The molecule has 0 aliphatic carbocycles. The Morgan fingerprint density at radius 1 is 1.02 bits per heavy atom. The summed E-state index contributed by atoms with van der Waals surface area (Å²) < 4.78 is 74.1. The lowest BCUT2D eigenvalue weighted by atomic mass is 10.1. The second-order valence-corrected chi connectivity index (χ2v) is 16.7. The van der Waals surface area contributed by atoms with Crippen molar-refractivity contribution in [2.75, 3.05) is 31.8 Å². The molecule has 0 saturated carbocycles. The lowest BCUT2D eigenvalue weighted by molar-refractivity contribution is -0.0545. The van der Waals surface area contributed by atoms with Crippen molar-refractivity contribution >= 4 is 83.6 Å². The molecule has 0 aromatic carbocycles. The first-order chi connectivity index (χ1) is 21.4. The van der Waals surface area contributed by atoms with Crippen molar-refractivity contribution < 1.29 is 41.4 Å². The number of ether oxygens (including phenoxy) is 3. The Bertz CT molecular complexity index is 1930. The quantitative estimate of drug-likeness (QED) is 0.150. The third kappa shape index (κ3) is 5.92. The monoisotopic (exact) mass is 721 g/mol. The Kier molecular flexibility index (Phi) is 8.23. The minimum absolute atomic E-state index is 0.0324. The largest absolute Gasteiger partial charge is 0.386 e. The van der Waals surface area contributed by atoms with Gasteiger partial charge in [-0.05, 0) is 11.5 Å². The third-order valence-electron chi connectivity index (χ3n) is 7.42. The molecule has 0 spiro atoms. The van der Waals surface area contributed by atoms with Gasteiger partial charge in [-0.25, -0.2) is 24.1 Å². The topological polar surface area (TPSA) is 253 Å². The van der Waals surface area contributed by atoms with Crippen LogP contribution >= 0.6 is 49.6 Å². The molecule has 3 aliphatic heterocycles. The summed E-state index contributed by atoms with van der Waals surface area (Å²) in [7, 11) is 1.37. The van der Waals surface area contributed by atoms with Crippen LogP contribution in [0.1, 0.15) is 23.6 Å². The summed E-state index contributed by atoms with van der Waals surface area (Å²) in [5.74, 6) is 0.0429. The molecule has 242 valence electrons. The molecule has 7 rings (SSSR count). The Hall–Kier alpha value is -2.20. The summed E-state index contributed by atoms with van der Waals surface area (Å²) in [6.45, 7) is -8.98. The van der Waals surface area contributed by atoms with E-state index in [1.807, 2.05) is 0 Å². The molecule has 3 aliphatic rings. The van der Waals surface area contributed by atoms with E-state index in [-0.39, 0.29) is 42.6 Å². The van der Waals surface area contributed by atoms with Gasteiger partial charge in [0, 0.05) is 13.5 Å².